The normalized spacial score (nSPS) is 12.3. The summed E-state index contributed by atoms with van der Waals surface area (Å²) in [6.07, 6.45) is 72.5. The summed E-state index contributed by atoms with van der Waals surface area (Å²) in [5.41, 5.74) is 0. The summed E-state index contributed by atoms with van der Waals surface area (Å²) in [5, 5.41) is 0. The third kappa shape index (κ3) is 56.3. The number of hydrogen-bond donors (Lipinski definition) is 0. The molecule has 70 heavy (non-hydrogen) atoms. The van der Waals surface area contributed by atoms with Crippen LogP contribution in [0.4, 0.5) is 0 Å². The van der Waals surface area contributed by atoms with E-state index in [1.54, 1.807) is 0 Å². The number of hydrogen-bond acceptors (Lipinski definition) is 6. The molecular weight excluding hydrogens is 865 g/mol. The second-order valence-electron chi connectivity index (χ2n) is 20.6. The van der Waals surface area contributed by atoms with Gasteiger partial charge in [0.1, 0.15) is 13.2 Å². The first kappa shape index (κ1) is 67.4. The Hall–Kier alpha value is -2.63. The van der Waals surface area contributed by atoms with Crippen molar-refractivity contribution in [1.29, 1.82) is 0 Å². The van der Waals surface area contributed by atoms with Gasteiger partial charge in [0.2, 0.25) is 0 Å². The van der Waals surface area contributed by atoms with E-state index in [9.17, 15) is 14.4 Å². The van der Waals surface area contributed by atoms with Crippen LogP contribution in [0.3, 0.4) is 0 Å². The molecule has 0 spiro atoms. The number of allylic oxidation sites excluding steroid dienone is 8. The van der Waals surface area contributed by atoms with E-state index in [0.717, 1.165) is 83.5 Å². The van der Waals surface area contributed by atoms with E-state index in [0.29, 0.717) is 19.3 Å². The zero-order valence-electron chi connectivity index (χ0n) is 46.8. The molecule has 0 amide bonds. The lowest BCUT2D eigenvalue weighted by molar-refractivity contribution is -0.167. The summed E-state index contributed by atoms with van der Waals surface area (Å²) in [7, 11) is 0. The fourth-order valence-corrected chi connectivity index (χ4v) is 8.94. The van der Waals surface area contributed by atoms with Crippen molar-refractivity contribution in [2.24, 2.45) is 0 Å². The van der Waals surface area contributed by atoms with Gasteiger partial charge in [-0.15, -0.1) is 0 Å². The molecule has 408 valence electrons. The van der Waals surface area contributed by atoms with Gasteiger partial charge in [0, 0.05) is 19.3 Å². The highest BCUT2D eigenvalue weighted by Crippen LogP contribution is 2.17. The fourth-order valence-electron chi connectivity index (χ4n) is 8.94. The summed E-state index contributed by atoms with van der Waals surface area (Å²) in [4.78, 5) is 38.2. The van der Waals surface area contributed by atoms with Gasteiger partial charge in [-0.25, -0.2) is 0 Å². The Morgan fingerprint density at radius 1 is 0.300 bits per heavy atom. The van der Waals surface area contributed by atoms with Gasteiger partial charge in [-0.05, 0) is 77.0 Å². The minimum atomic E-state index is -0.787. The van der Waals surface area contributed by atoms with Crippen molar-refractivity contribution in [3.05, 3.63) is 48.6 Å². The largest absolute Gasteiger partial charge is 0.462 e. The molecule has 6 nitrogen and oxygen atoms in total. The van der Waals surface area contributed by atoms with Crippen molar-refractivity contribution in [2.75, 3.05) is 13.2 Å². The van der Waals surface area contributed by atoms with E-state index in [1.165, 1.54) is 199 Å². The van der Waals surface area contributed by atoms with Gasteiger partial charge in [-0.2, -0.15) is 0 Å². The van der Waals surface area contributed by atoms with Crippen LogP contribution >= 0.6 is 0 Å². The number of esters is 3. The Morgan fingerprint density at radius 2 is 0.557 bits per heavy atom. The van der Waals surface area contributed by atoms with Crippen molar-refractivity contribution in [2.45, 2.75) is 329 Å². The highest BCUT2D eigenvalue weighted by molar-refractivity contribution is 5.71. The van der Waals surface area contributed by atoms with E-state index in [-0.39, 0.29) is 31.1 Å². The molecule has 0 heterocycles. The fraction of sp³-hybridized carbons (Fsp3) is 0.828. The van der Waals surface area contributed by atoms with Gasteiger partial charge in [-0.1, -0.05) is 275 Å². The van der Waals surface area contributed by atoms with Gasteiger partial charge >= 0.3 is 17.9 Å². The van der Waals surface area contributed by atoms with Gasteiger partial charge in [0.15, 0.2) is 6.10 Å². The van der Waals surface area contributed by atoms with Crippen molar-refractivity contribution in [3.8, 4) is 0 Å². The predicted molar refractivity (Wildman–Crippen MR) is 302 cm³/mol. The van der Waals surface area contributed by atoms with Crippen LogP contribution in [0.15, 0.2) is 48.6 Å². The van der Waals surface area contributed by atoms with Crippen molar-refractivity contribution in [1.82, 2.24) is 0 Å². The van der Waals surface area contributed by atoms with Crippen molar-refractivity contribution < 1.29 is 28.6 Å². The molecule has 0 rings (SSSR count). The van der Waals surface area contributed by atoms with Crippen LogP contribution in [0.5, 0.6) is 0 Å². The van der Waals surface area contributed by atoms with E-state index in [4.69, 9.17) is 14.2 Å². The van der Waals surface area contributed by atoms with Crippen LogP contribution in [-0.2, 0) is 28.6 Å². The lowest BCUT2D eigenvalue weighted by atomic mass is 10.0. The van der Waals surface area contributed by atoms with Gasteiger partial charge < -0.3 is 14.2 Å². The lowest BCUT2D eigenvalue weighted by Gasteiger charge is -2.18. The number of carbonyl (C=O) groups excluding carboxylic acids is 3. The zero-order chi connectivity index (χ0) is 50.7. The molecule has 0 aliphatic carbocycles. The van der Waals surface area contributed by atoms with Gasteiger partial charge in [-0.3, -0.25) is 14.4 Å². The maximum atomic E-state index is 12.9. The quantitative estimate of drug-likeness (QED) is 0.0199. The monoisotopic (exact) mass is 981 g/mol. The highest BCUT2D eigenvalue weighted by atomic mass is 16.6. The summed E-state index contributed by atoms with van der Waals surface area (Å²) < 4.78 is 16.9. The second kappa shape index (κ2) is 58.9. The Balaban J connectivity index is 4.38. The van der Waals surface area contributed by atoms with E-state index < -0.39 is 6.10 Å². The first-order chi connectivity index (χ1) is 34.5. The molecular formula is C64H116O6. The molecule has 0 aromatic carbocycles. The molecule has 0 radical (unpaired) electrons. The summed E-state index contributed by atoms with van der Waals surface area (Å²) in [6.45, 7) is 6.63. The van der Waals surface area contributed by atoms with Crippen LogP contribution in [-0.4, -0.2) is 37.2 Å². The minimum absolute atomic E-state index is 0.0816. The Labute approximate surface area is 435 Å². The Kier molecular flexibility index (Phi) is 56.7. The molecule has 0 N–H and O–H groups in total. The van der Waals surface area contributed by atoms with Gasteiger partial charge in [0.05, 0.1) is 0 Å². The average molecular weight is 982 g/mol. The van der Waals surface area contributed by atoms with Crippen LogP contribution in [0, 0.1) is 0 Å². The Bertz CT molecular complexity index is 1220. The molecule has 0 saturated carbocycles. The molecule has 6 heteroatoms. The molecule has 0 bridgehead atoms. The molecule has 0 aromatic heterocycles. The zero-order valence-corrected chi connectivity index (χ0v) is 46.8. The molecule has 1 atom stereocenters. The van der Waals surface area contributed by atoms with Gasteiger partial charge in [0.25, 0.3) is 0 Å². The summed E-state index contributed by atoms with van der Waals surface area (Å²) in [6, 6.07) is 0. The summed E-state index contributed by atoms with van der Waals surface area (Å²) in [5.74, 6) is -0.899. The number of ether oxygens (including phenoxy) is 3. The number of carbonyl (C=O) groups is 3. The maximum Gasteiger partial charge on any atom is 0.306 e. The Morgan fingerprint density at radius 3 is 0.914 bits per heavy atom. The molecule has 0 aromatic rings. The highest BCUT2D eigenvalue weighted by Gasteiger charge is 2.19. The number of rotatable bonds is 56. The smallest absolute Gasteiger partial charge is 0.306 e. The molecule has 1 unspecified atom stereocenters. The van der Waals surface area contributed by atoms with Crippen molar-refractivity contribution in [3.63, 3.8) is 0 Å². The second-order valence-corrected chi connectivity index (χ2v) is 20.6. The van der Waals surface area contributed by atoms with Crippen LogP contribution in [0.2, 0.25) is 0 Å². The first-order valence-electron chi connectivity index (χ1n) is 30.7. The average Bonchev–Trinajstić information content (AvgIpc) is 3.36. The third-order valence-corrected chi connectivity index (χ3v) is 13.6. The van der Waals surface area contributed by atoms with E-state index in [1.807, 2.05) is 0 Å². The molecule has 0 fully saturated rings. The molecule has 0 aliphatic heterocycles. The topological polar surface area (TPSA) is 78.9 Å². The van der Waals surface area contributed by atoms with E-state index in [2.05, 4.69) is 69.4 Å². The van der Waals surface area contributed by atoms with Crippen LogP contribution < -0.4 is 0 Å². The predicted octanol–water partition coefficient (Wildman–Crippen LogP) is 20.6. The van der Waals surface area contributed by atoms with E-state index >= 15 is 0 Å². The molecule has 0 saturated heterocycles. The lowest BCUT2D eigenvalue weighted by Crippen LogP contribution is -2.30. The van der Waals surface area contributed by atoms with Crippen LogP contribution in [0.1, 0.15) is 323 Å². The summed E-state index contributed by atoms with van der Waals surface area (Å²) >= 11 is 0. The van der Waals surface area contributed by atoms with Crippen LogP contribution in [0.25, 0.3) is 0 Å². The van der Waals surface area contributed by atoms with Crippen molar-refractivity contribution >= 4 is 17.9 Å². The standard InChI is InChI=1S/C64H116O6/c1-4-7-10-13-16-19-22-25-28-31-32-34-36-39-42-45-48-51-54-57-63(66)69-60-61(59-68-62(65)56-53-50-47-44-41-38-35-30-27-24-21-18-15-12-9-6-3)70-64(67)58-55-52-49-46-43-40-37-33-29-26-23-20-17-14-11-8-5-2/h17,20,26,29-30,35,38,41,61H,4-16,18-19,21-25,27-28,31-34,36-37,39-40,42-60H2,1-3H3/b20-17-,29-26-,35-30-,41-38-. The molecule has 0 aliphatic rings. The SMILES string of the molecule is CCCCC/C=C\C/C=C\CCCCCCCCCC(=O)OC(COC(=O)CCCCC/C=C\C=C/CCCCCCCCC)COC(=O)CCCCCCCCCCCCCCCCCCCCC. The minimum Gasteiger partial charge on any atom is -0.462 e. The number of unbranched alkanes of at least 4 members (excludes halogenated alkanes) is 38. The first-order valence-corrected chi connectivity index (χ1v) is 30.7. The third-order valence-electron chi connectivity index (χ3n) is 13.6. The maximum absolute atomic E-state index is 12.9.